The van der Waals surface area contributed by atoms with Gasteiger partial charge in [-0.1, -0.05) is 28.1 Å². The Balaban J connectivity index is 1.81. The number of urea groups is 1. The number of halogens is 1. The minimum atomic E-state index is -0.709. The molecular formula is C14H19BrN2O2. The molecule has 0 aromatic heterocycles. The predicted octanol–water partition coefficient (Wildman–Crippen LogP) is 2.58. The van der Waals surface area contributed by atoms with Crippen molar-refractivity contribution in [3.63, 3.8) is 0 Å². The number of carbonyl (C=O) groups excluding carboxylic acids is 1. The zero-order chi connectivity index (χ0) is 13.8. The smallest absolute Gasteiger partial charge is 0.315 e. The van der Waals surface area contributed by atoms with E-state index in [-0.39, 0.29) is 12.1 Å². The lowest BCUT2D eigenvalue weighted by Crippen LogP contribution is -2.44. The summed E-state index contributed by atoms with van der Waals surface area (Å²) in [4.78, 5) is 11.6. The lowest BCUT2D eigenvalue weighted by molar-refractivity contribution is 0.137. The Labute approximate surface area is 121 Å². The van der Waals surface area contributed by atoms with E-state index in [0.717, 1.165) is 16.6 Å². The minimum absolute atomic E-state index is 0.212. The molecule has 19 heavy (non-hydrogen) atoms. The number of hydrogen-bond acceptors (Lipinski definition) is 2. The highest BCUT2D eigenvalue weighted by molar-refractivity contribution is 9.10. The summed E-state index contributed by atoms with van der Waals surface area (Å²) in [7, 11) is 0. The molecule has 104 valence electrons. The quantitative estimate of drug-likeness (QED) is 0.778. The SMILES string of the molecule is CC(NC(=O)NCC1CC1)C(O)c1ccc(Br)cc1. The summed E-state index contributed by atoms with van der Waals surface area (Å²) in [6.45, 7) is 2.52. The first kappa shape index (κ1) is 14.3. The Bertz CT molecular complexity index is 432. The van der Waals surface area contributed by atoms with Crippen LogP contribution in [-0.2, 0) is 0 Å². The van der Waals surface area contributed by atoms with E-state index in [1.165, 1.54) is 12.8 Å². The minimum Gasteiger partial charge on any atom is -0.386 e. The van der Waals surface area contributed by atoms with Crippen LogP contribution >= 0.6 is 15.9 Å². The average molecular weight is 327 g/mol. The fraction of sp³-hybridized carbons (Fsp3) is 0.500. The van der Waals surface area contributed by atoms with Crippen molar-refractivity contribution >= 4 is 22.0 Å². The molecule has 0 saturated heterocycles. The van der Waals surface area contributed by atoms with Gasteiger partial charge in [0.1, 0.15) is 0 Å². The summed E-state index contributed by atoms with van der Waals surface area (Å²) in [6, 6.07) is 6.89. The lowest BCUT2D eigenvalue weighted by Gasteiger charge is -2.21. The number of hydrogen-bond donors (Lipinski definition) is 3. The van der Waals surface area contributed by atoms with Crippen LogP contribution in [0.3, 0.4) is 0 Å². The molecule has 0 spiro atoms. The van der Waals surface area contributed by atoms with E-state index in [4.69, 9.17) is 0 Å². The first-order valence-corrected chi connectivity index (χ1v) is 7.33. The van der Waals surface area contributed by atoms with Gasteiger partial charge < -0.3 is 15.7 Å². The molecule has 0 aliphatic heterocycles. The third-order valence-electron chi connectivity index (χ3n) is 3.29. The number of rotatable bonds is 5. The molecular weight excluding hydrogens is 308 g/mol. The van der Waals surface area contributed by atoms with Gasteiger partial charge in [-0.2, -0.15) is 0 Å². The van der Waals surface area contributed by atoms with Gasteiger partial charge in [-0.3, -0.25) is 0 Å². The zero-order valence-corrected chi connectivity index (χ0v) is 12.5. The first-order valence-electron chi connectivity index (χ1n) is 6.54. The average Bonchev–Trinajstić information content (AvgIpc) is 3.20. The maximum absolute atomic E-state index is 11.6. The normalized spacial score (nSPS) is 17.6. The molecule has 1 fully saturated rings. The fourth-order valence-electron chi connectivity index (χ4n) is 1.84. The molecule has 1 aliphatic carbocycles. The van der Waals surface area contributed by atoms with Crippen LogP contribution in [0, 0.1) is 5.92 Å². The molecule has 2 atom stereocenters. The van der Waals surface area contributed by atoms with E-state index in [0.29, 0.717) is 5.92 Å². The van der Waals surface area contributed by atoms with Crippen molar-refractivity contribution in [3.05, 3.63) is 34.3 Å². The maximum atomic E-state index is 11.6. The molecule has 1 aromatic rings. The number of carbonyl (C=O) groups is 1. The van der Waals surface area contributed by atoms with E-state index >= 15 is 0 Å². The summed E-state index contributed by atoms with van der Waals surface area (Å²) in [5.41, 5.74) is 0.790. The molecule has 2 unspecified atom stereocenters. The Morgan fingerprint density at radius 2 is 2.05 bits per heavy atom. The largest absolute Gasteiger partial charge is 0.386 e. The summed E-state index contributed by atoms with van der Waals surface area (Å²) in [5, 5.41) is 15.7. The molecule has 0 heterocycles. The van der Waals surface area contributed by atoms with Gasteiger partial charge in [-0.25, -0.2) is 4.79 Å². The van der Waals surface area contributed by atoms with Crippen LogP contribution < -0.4 is 10.6 Å². The van der Waals surface area contributed by atoms with Gasteiger partial charge in [0.05, 0.1) is 12.1 Å². The number of benzene rings is 1. The van der Waals surface area contributed by atoms with Crippen LogP contribution in [0.15, 0.2) is 28.7 Å². The molecule has 2 amide bonds. The number of aliphatic hydroxyl groups is 1. The molecule has 1 saturated carbocycles. The fourth-order valence-corrected chi connectivity index (χ4v) is 2.11. The number of nitrogens with one attached hydrogen (secondary N) is 2. The van der Waals surface area contributed by atoms with E-state index < -0.39 is 6.10 Å². The summed E-state index contributed by atoms with van der Waals surface area (Å²) < 4.78 is 0.964. The van der Waals surface area contributed by atoms with Crippen LogP contribution in [0.5, 0.6) is 0 Å². The zero-order valence-electron chi connectivity index (χ0n) is 10.9. The second-order valence-electron chi connectivity index (χ2n) is 5.08. The summed E-state index contributed by atoms with van der Waals surface area (Å²) in [6.07, 6.45) is 1.70. The first-order chi connectivity index (χ1) is 9.06. The van der Waals surface area contributed by atoms with E-state index in [1.54, 1.807) is 6.92 Å². The van der Waals surface area contributed by atoms with Crippen molar-refractivity contribution in [1.82, 2.24) is 10.6 Å². The highest BCUT2D eigenvalue weighted by Crippen LogP contribution is 2.27. The Kier molecular flexibility index (Phi) is 4.82. The van der Waals surface area contributed by atoms with Gasteiger partial charge in [0.2, 0.25) is 0 Å². The third-order valence-corrected chi connectivity index (χ3v) is 3.82. The lowest BCUT2D eigenvalue weighted by atomic mass is 10.0. The second kappa shape index (κ2) is 6.39. The van der Waals surface area contributed by atoms with Crippen LogP contribution in [0.2, 0.25) is 0 Å². The predicted molar refractivity (Wildman–Crippen MR) is 77.8 cm³/mol. The van der Waals surface area contributed by atoms with E-state index in [2.05, 4.69) is 26.6 Å². The Morgan fingerprint density at radius 1 is 1.42 bits per heavy atom. The van der Waals surface area contributed by atoms with Crippen LogP contribution in [0.4, 0.5) is 4.79 Å². The van der Waals surface area contributed by atoms with Gasteiger partial charge in [-0.05, 0) is 43.4 Å². The number of amides is 2. The van der Waals surface area contributed by atoms with E-state index in [9.17, 15) is 9.90 Å². The highest BCUT2D eigenvalue weighted by Gasteiger charge is 2.23. The van der Waals surface area contributed by atoms with Gasteiger partial charge in [0.25, 0.3) is 0 Å². The maximum Gasteiger partial charge on any atom is 0.315 e. The molecule has 1 aromatic carbocycles. The molecule has 1 aliphatic rings. The highest BCUT2D eigenvalue weighted by atomic mass is 79.9. The van der Waals surface area contributed by atoms with Crippen LogP contribution in [-0.4, -0.2) is 23.7 Å². The monoisotopic (exact) mass is 326 g/mol. The standard InChI is InChI=1S/C14H19BrN2O2/c1-9(17-14(19)16-8-10-2-3-10)13(18)11-4-6-12(15)7-5-11/h4-7,9-10,13,18H,2-3,8H2,1H3,(H2,16,17,19). The second-order valence-corrected chi connectivity index (χ2v) is 6.00. The van der Waals surface area contributed by atoms with Gasteiger partial charge in [0.15, 0.2) is 0 Å². The van der Waals surface area contributed by atoms with Crippen molar-refractivity contribution in [2.24, 2.45) is 5.92 Å². The van der Waals surface area contributed by atoms with Crippen molar-refractivity contribution in [2.45, 2.75) is 31.9 Å². The Morgan fingerprint density at radius 3 is 2.63 bits per heavy atom. The van der Waals surface area contributed by atoms with Gasteiger partial charge in [0, 0.05) is 11.0 Å². The molecule has 0 radical (unpaired) electrons. The van der Waals surface area contributed by atoms with Crippen LogP contribution in [0.25, 0.3) is 0 Å². The van der Waals surface area contributed by atoms with E-state index in [1.807, 2.05) is 24.3 Å². The molecule has 5 heteroatoms. The summed E-state index contributed by atoms with van der Waals surface area (Å²) in [5.74, 6) is 0.650. The molecule has 0 bridgehead atoms. The van der Waals surface area contributed by atoms with Gasteiger partial charge >= 0.3 is 6.03 Å². The number of aliphatic hydroxyl groups excluding tert-OH is 1. The summed E-state index contributed by atoms with van der Waals surface area (Å²) >= 11 is 3.35. The van der Waals surface area contributed by atoms with Crippen molar-refractivity contribution in [1.29, 1.82) is 0 Å². The van der Waals surface area contributed by atoms with Crippen LogP contribution in [0.1, 0.15) is 31.4 Å². The Hall–Kier alpha value is -1.07. The van der Waals surface area contributed by atoms with Crippen molar-refractivity contribution in [3.8, 4) is 0 Å². The molecule has 3 N–H and O–H groups in total. The van der Waals surface area contributed by atoms with Gasteiger partial charge in [-0.15, -0.1) is 0 Å². The molecule has 2 rings (SSSR count). The third kappa shape index (κ3) is 4.51. The van der Waals surface area contributed by atoms with Crippen molar-refractivity contribution in [2.75, 3.05) is 6.54 Å². The topological polar surface area (TPSA) is 61.4 Å². The van der Waals surface area contributed by atoms with Crippen molar-refractivity contribution < 1.29 is 9.90 Å². The molecule has 4 nitrogen and oxygen atoms in total.